The molecular formula is C19H17N3O2S. The van der Waals surface area contributed by atoms with Gasteiger partial charge in [0.2, 0.25) is 5.89 Å². The second-order valence-electron chi connectivity index (χ2n) is 5.72. The summed E-state index contributed by atoms with van der Waals surface area (Å²) in [5.74, 6) is 2.14. The zero-order valence-electron chi connectivity index (χ0n) is 13.9. The van der Waals surface area contributed by atoms with Crippen molar-refractivity contribution in [2.75, 3.05) is 7.11 Å². The van der Waals surface area contributed by atoms with Gasteiger partial charge in [-0.15, -0.1) is 0 Å². The predicted molar refractivity (Wildman–Crippen MR) is 98.9 cm³/mol. The summed E-state index contributed by atoms with van der Waals surface area (Å²) in [7, 11) is 1.66. The van der Waals surface area contributed by atoms with Crippen molar-refractivity contribution < 1.29 is 9.15 Å². The van der Waals surface area contributed by atoms with Gasteiger partial charge in [-0.1, -0.05) is 29.5 Å². The van der Waals surface area contributed by atoms with Crippen molar-refractivity contribution in [1.29, 1.82) is 0 Å². The predicted octanol–water partition coefficient (Wildman–Crippen LogP) is 4.83. The van der Waals surface area contributed by atoms with Crippen LogP contribution in [0.5, 0.6) is 5.75 Å². The number of benzene rings is 2. The van der Waals surface area contributed by atoms with E-state index >= 15 is 0 Å². The van der Waals surface area contributed by atoms with Gasteiger partial charge < -0.3 is 14.1 Å². The van der Waals surface area contributed by atoms with Crippen LogP contribution in [0, 0.1) is 6.92 Å². The fraction of sp³-hybridized carbons (Fsp3) is 0.158. The molecule has 4 aromatic rings. The van der Waals surface area contributed by atoms with Crippen LogP contribution in [0.15, 0.2) is 58.3 Å². The number of aryl methyl sites for hydroxylation is 1. The van der Waals surface area contributed by atoms with E-state index < -0.39 is 0 Å². The summed E-state index contributed by atoms with van der Waals surface area (Å²) in [6.07, 6.45) is 1.70. The second-order valence-corrected chi connectivity index (χ2v) is 6.69. The summed E-state index contributed by atoms with van der Waals surface area (Å²) in [5.41, 5.74) is 4.97. The highest BCUT2D eigenvalue weighted by Crippen LogP contribution is 2.26. The second kappa shape index (κ2) is 6.64. The van der Waals surface area contributed by atoms with Crippen LogP contribution in [0.25, 0.3) is 22.5 Å². The number of fused-ring (bicyclic) bond motifs is 1. The number of rotatable bonds is 5. The van der Waals surface area contributed by atoms with Crippen molar-refractivity contribution >= 4 is 22.8 Å². The highest BCUT2D eigenvalue weighted by Gasteiger charge is 2.09. The number of aromatic amines is 1. The van der Waals surface area contributed by atoms with E-state index in [0.717, 1.165) is 33.2 Å². The smallest absolute Gasteiger partial charge is 0.226 e. The Kier molecular flexibility index (Phi) is 4.19. The van der Waals surface area contributed by atoms with Crippen molar-refractivity contribution in [1.82, 2.24) is 15.0 Å². The highest BCUT2D eigenvalue weighted by molar-refractivity contribution is 7.98. The third kappa shape index (κ3) is 3.39. The van der Waals surface area contributed by atoms with Crippen LogP contribution < -0.4 is 4.74 Å². The number of thioether (sulfide) groups is 1. The van der Waals surface area contributed by atoms with Crippen LogP contribution in [-0.2, 0) is 5.75 Å². The lowest BCUT2D eigenvalue weighted by Crippen LogP contribution is -1.83. The van der Waals surface area contributed by atoms with E-state index in [4.69, 9.17) is 9.15 Å². The molecule has 5 nitrogen and oxygen atoms in total. The first kappa shape index (κ1) is 15.8. The number of aromatic nitrogens is 3. The molecule has 2 aromatic carbocycles. The van der Waals surface area contributed by atoms with Gasteiger partial charge in [0.25, 0.3) is 0 Å². The van der Waals surface area contributed by atoms with Gasteiger partial charge in [-0.25, -0.2) is 9.97 Å². The van der Waals surface area contributed by atoms with Crippen LogP contribution in [0.3, 0.4) is 0 Å². The molecule has 0 aliphatic heterocycles. The van der Waals surface area contributed by atoms with E-state index in [-0.39, 0.29) is 0 Å². The molecule has 25 heavy (non-hydrogen) atoms. The number of hydrogen-bond donors (Lipinski definition) is 1. The van der Waals surface area contributed by atoms with Crippen LogP contribution in [0.1, 0.15) is 11.3 Å². The minimum atomic E-state index is 0.643. The number of ether oxygens (including phenoxy) is 1. The number of oxazole rings is 1. The molecule has 0 aliphatic rings. The molecule has 0 aliphatic carbocycles. The minimum Gasteiger partial charge on any atom is -0.497 e. The fourth-order valence-corrected chi connectivity index (χ4v) is 3.27. The summed E-state index contributed by atoms with van der Waals surface area (Å²) in [4.78, 5) is 12.4. The van der Waals surface area contributed by atoms with Gasteiger partial charge in [0.1, 0.15) is 12.0 Å². The standard InChI is InChI=1S/C19H17N3O2S/c1-12-3-5-13(6-4-12)18-20-14(10-24-18)11-25-19-21-16-8-7-15(23-2)9-17(16)22-19/h3-10H,11H2,1-2H3,(H,21,22). The van der Waals surface area contributed by atoms with Crippen molar-refractivity contribution in [2.24, 2.45) is 0 Å². The van der Waals surface area contributed by atoms with Crippen LogP contribution in [0.2, 0.25) is 0 Å². The Labute approximate surface area is 149 Å². The molecule has 1 N–H and O–H groups in total. The maximum absolute atomic E-state index is 5.60. The van der Waals surface area contributed by atoms with Gasteiger partial charge in [0.15, 0.2) is 5.16 Å². The van der Waals surface area contributed by atoms with Gasteiger partial charge in [-0.3, -0.25) is 0 Å². The monoisotopic (exact) mass is 351 g/mol. The van der Waals surface area contributed by atoms with Gasteiger partial charge in [-0.2, -0.15) is 0 Å². The van der Waals surface area contributed by atoms with E-state index in [1.165, 1.54) is 5.56 Å². The molecule has 0 fully saturated rings. The number of nitrogens with zero attached hydrogens (tertiary/aromatic N) is 2. The number of hydrogen-bond acceptors (Lipinski definition) is 5. The minimum absolute atomic E-state index is 0.643. The Bertz CT molecular complexity index is 1010. The molecule has 0 spiro atoms. The fourth-order valence-electron chi connectivity index (χ4n) is 2.50. The average Bonchev–Trinajstić information content (AvgIpc) is 3.26. The van der Waals surface area contributed by atoms with E-state index in [1.807, 2.05) is 30.3 Å². The largest absolute Gasteiger partial charge is 0.497 e. The lowest BCUT2D eigenvalue weighted by atomic mass is 10.1. The third-order valence-corrected chi connectivity index (χ3v) is 4.78. The van der Waals surface area contributed by atoms with Crippen LogP contribution in [0.4, 0.5) is 0 Å². The van der Waals surface area contributed by atoms with E-state index in [9.17, 15) is 0 Å². The Hall–Kier alpha value is -2.73. The molecule has 2 heterocycles. The van der Waals surface area contributed by atoms with Crippen LogP contribution in [-0.4, -0.2) is 22.1 Å². The number of imidazole rings is 1. The Morgan fingerprint density at radius 2 is 1.96 bits per heavy atom. The van der Waals surface area contributed by atoms with Crippen molar-refractivity contribution in [3.05, 3.63) is 60.0 Å². The number of methoxy groups -OCH3 is 1. The molecule has 0 unspecified atom stereocenters. The first-order valence-electron chi connectivity index (χ1n) is 7.89. The molecule has 0 amide bonds. The quantitative estimate of drug-likeness (QED) is 0.522. The van der Waals surface area contributed by atoms with Gasteiger partial charge in [-0.05, 0) is 31.2 Å². The third-order valence-electron chi connectivity index (χ3n) is 3.87. The Morgan fingerprint density at radius 3 is 2.76 bits per heavy atom. The van der Waals surface area contributed by atoms with E-state index in [1.54, 1.807) is 25.1 Å². The number of H-pyrrole nitrogens is 1. The normalized spacial score (nSPS) is 11.1. The first-order chi connectivity index (χ1) is 12.2. The summed E-state index contributed by atoms with van der Waals surface area (Å²) in [5, 5.41) is 0.850. The summed E-state index contributed by atoms with van der Waals surface area (Å²) in [6, 6.07) is 13.9. The van der Waals surface area contributed by atoms with Gasteiger partial charge >= 0.3 is 0 Å². The molecule has 0 atom stereocenters. The van der Waals surface area contributed by atoms with Gasteiger partial charge in [0, 0.05) is 17.4 Å². The molecule has 2 aromatic heterocycles. The first-order valence-corrected chi connectivity index (χ1v) is 8.88. The zero-order valence-corrected chi connectivity index (χ0v) is 14.8. The Morgan fingerprint density at radius 1 is 1.12 bits per heavy atom. The van der Waals surface area contributed by atoms with Crippen molar-refractivity contribution in [2.45, 2.75) is 17.8 Å². The Balaban J connectivity index is 1.47. The van der Waals surface area contributed by atoms with E-state index in [2.05, 4.69) is 34.0 Å². The molecular weight excluding hydrogens is 334 g/mol. The SMILES string of the molecule is COc1ccc2nc(SCc3coc(-c4ccc(C)cc4)n3)[nH]c2c1. The van der Waals surface area contributed by atoms with Gasteiger partial charge in [0.05, 0.1) is 23.8 Å². The number of nitrogens with one attached hydrogen (secondary N) is 1. The molecule has 0 saturated carbocycles. The summed E-state index contributed by atoms with van der Waals surface area (Å²) < 4.78 is 10.8. The lowest BCUT2D eigenvalue weighted by Gasteiger charge is -1.96. The topological polar surface area (TPSA) is 63.9 Å². The lowest BCUT2D eigenvalue weighted by molar-refractivity contribution is 0.415. The maximum atomic E-state index is 5.60. The molecule has 6 heteroatoms. The molecule has 0 saturated heterocycles. The van der Waals surface area contributed by atoms with Crippen LogP contribution >= 0.6 is 11.8 Å². The zero-order chi connectivity index (χ0) is 17.2. The van der Waals surface area contributed by atoms with Crippen molar-refractivity contribution in [3.63, 3.8) is 0 Å². The van der Waals surface area contributed by atoms with E-state index in [0.29, 0.717) is 11.6 Å². The summed E-state index contributed by atoms with van der Waals surface area (Å²) >= 11 is 1.59. The molecule has 0 radical (unpaired) electrons. The molecule has 126 valence electrons. The maximum Gasteiger partial charge on any atom is 0.226 e. The summed E-state index contributed by atoms with van der Waals surface area (Å²) in [6.45, 7) is 2.06. The average molecular weight is 351 g/mol. The molecule has 0 bridgehead atoms. The molecule has 4 rings (SSSR count). The van der Waals surface area contributed by atoms with Crippen molar-refractivity contribution in [3.8, 4) is 17.2 Å². The highest BCUT2D eigenvalue weighted by atomic mass is 32.2.